The topological polar surface area (TPSA) is 83.1 Å². The molecule has 0 aliphatic heterocycles. The number of rotatable bonds is 5. The first kappa shape index (κ1) is 19.1. The van der Waals surface area contributed by atoms with Gasteiger partial charge in [-0.05, 0) is 67.4 Å². The Labute approximate surface area is 164 Å². The third-order valence-electron chi connectivity index (χ3n) is 3.96. The molecule has 0 aliphatic carbocycles. The maximum Gasteiger partial charge on any atom is 0.257 e. The van der Waals surface area contributed by atoms with E-state index in [1.165, 1.54) is 24.2 Å². The number of hydrogen-bond acceptors (Lipinski definition) is 4. The molecule has 0 spiro atoms. The molecule has 28 heavy (non-hydrogen) atoms. The summed E-state index contributed by atoms with van der Waals surface area (Å²) in [6, 6.07) is 16.6. The van der Waals surface area contributed by atoms with E-state index in [0.717, 1.165) is 5.69 Å². The number of amides is 2. The molecular formula is C22H22N4O2. The summed E-state index contributed by atoms with van der Waals surface area (Å²) in [4.78, 5) is 27.9. The second-order valence-electron chi connectivity index (χ2n) is 6.65. The highest BCUT2D eigenvalue weighted by Crippen LogP contribution is 2.19. The van der Waals surface area contributed by atoms with Crippen LogP contribution in [-0.2, 0) is 4.79 Å². The van der Waals surface area contributed by atoms with Gasteiger partial charge in [0.1, 0.15) is 5.82 Å². The van der Waals surface area contributed by atoms with E-state index in [9.17, 15) is 9.59 Å². The molecule has 0 saturated heterocycles. The molecular weight excluding hydrogens is 352 g/mol. The van der Waals surface area contributed by atoms with Crippen LogP contribution in [0.1, 0.15) is 28.4 Å². The minimum Gasteiger partial charge on any atom is -0.340 e. The molecule has 3 rings (SSSR count). The van der Waals surface area contributed by atoms with Crippen LogP contribution in [0.5, 0.6) is 0 Å². The fourth-order valence-corrected chi connectivity index (χ4v) is 2.88. The maximum atomic E-state index is 12.4. The molecule has 3 aromatic rings. The molecule has 0 bridgehead atoms. The Balaban J connectivity index is 1.67. The smallest absolute Gasteiger partial charge is 0.257 e. The zero-order valence-corrected chi connectivity index (χ0v) is 16.0. The van der Waals surface area contributed by atoms with Gasteiger partial charge in [0.05, 0.1) is 5.56 Å². The Kier molecular flexibility index (Phi) is 5.69. The predicted octanol–water partition coefficient (Wildman–Crippen LogP) is 4.65. The van der Waals surface area contributed by atoms with Gasteiger partial charge in [-0.25, -0.2) is 4.98 Å². The fourth-order valence-electron chi connectivity index (χ4n) is 2.88. The van der Waals surface area contributed by atoms with E-state index in [2.05, 4.69) is 27.0 Å². The number of aryl methyl sites for hydroxylation is 2. The average molecular weight is 374 g/mol. The van der Waals surface area contributed by atoms with Gasteiger partial charge in [0.25, 0.3) is 5.91 Å². The highest BCUT2D eigenvalue weighted by molar-refractivity contribution is 6.04. The van der Waals surface area contributed by atoms with Gasteiger partial charge in [-0.3, -0.25) is 9.59 Å². The van der Waals surface area contributed by atoms with Crippen LogP contribution in [0.3, 0.4) is 0 Å². The standard InChI is InChI=1S/C22H22N4O2/c1-14-9-15(2)11-20(10-14)25-21-8-7-17(13-23-21)22(28)26-19-6-4-5-18(12-19)24-16(3)27/h4-13H,1-3H3,(H,23,25)(H,24,27)(H,26,28). The van der Waals surface area contributed by atoms with E-state index in [4.69, 9.17) is 0 Å². The van der Waals surface area contributed by atoms with Crippen LogP contribution < -0.4 is 16.0 Å². The SMILES string of the molecule is CC(=O)Nc1cccc(NC(=O)c2ccc(Nc3cc(C)cc(C)c3)nc2)c1. The van der Waals surface area contributed by atoms with Gasteiger partial charge in [-0.15, -0.1) is 0 Å². The molecule has 6 nitrogen and oxygen atoms in total. The highest BCUT2D eigenvalue weighted by atomic mass is 16.2. The van der Waals surface area contributed by atoms with Gasteiger partial charge in [-0.1, -0.05) is 12.1 Å². The summed E-state index contributed by atoms with van der Waals surface area (Å²) in [5.41, 5.74) is 4.94. The molecule has 2 amide bonds. The van der Waals surface area contributed by atoms with Crippen molar-refractivity contribution < 1.29 is 9.59 Å². The predicted molar refractivity (Wildman–Crippen MR) is 112 cm³/mol. The van der Waals surface area contributed by atoms with Crippen molar-refractivity contribution in [2.75, 3.05) is 16.0 Å². The fraction of sp³-hybridized carbons (Fsp3) is 0.136. The number of hydrogen-bond donors (Lipinski definition) is 3. The number of pyridine rings is 1. The Morgan fingerprint density at radius 2 is 1.50 bits per heavy atom. The van der Waals surface area contributed by atoms with E-state index in [0.29, 0.717) is 22.8 Å². The van der Waals surface area contributed by atoms with Crippen LogP contribution in [0.2, 0.25) is 0 Å². The van der Waals surface area contributed by atoms with Gasteiger partial charge in [-0.2, -0.15) is 0 Å². The number of nitrogens with zero attached hydrogens (tertiary/aromatic N) is 1. The summed E-state index contributed by atoms with van der Waals surface area (Å²) in [6.45, 7) is 5.52. The third-order valence-corrected chi connectivity index (χ3v) is 3.96. The van der Waals surface area contributed by atoms with Crippen molar-refractivity contribution in [1.82, 2.24) is 4.98 Å². The Morgan fingerprint density at radius 3 is 2.11 bits per heavy atom. The van der Waals surface area contributed by atoms with E-state index >= 15 is 0 Å². The van der Waals surface area contributed by atoms with E-state index in [1.807, 2.05) is 26.0 Å². The monoisotopic (exact) mass is 374 g/mol. The van der Waals surface area contributed by atoms with Crippen LogP contribution in [-0.4, -0.2) is 16.8 Å². The van der Waals surface area contributed by atoms with Crippen molar-refractivity contribution in [3.05, 3.63) is 77.5 Å². The van der Waals surface area contributed by atoms with Crippen LogP contribution in [0.4, 0.5) is 22.9 Å². The van der Waals surface area contributed by atoms with Crippen molar-refractivity contribution in [3.63, 3.8) is 0 Å². The van der Waals surface area contributed by atoms with Gasteiger partial charge < -0.3 is 16.0 Å². The molecule has 6 heteroatoms. The number of aromatic nitrogens is 1. The zero-order chi connectivity index (χ0) is 20.1. The van der Waals surface area contributed by atoms with Gasteiger partial charge >= 0.3 is 0 Å². The Bertz CT molecular complexity index is 993. The second kappa shape index (κ2) is 8.35. The minimum atomic E-state index is -0.273. The second-order valence-corrected chi connectivity index (χ2v) is 6.65. The number of carbonyl (C=O) groups is 2. The zero-order valence-electron chi connectivity index (χ0n) is 16.0. The number of carbonyl (C=O) groups excluding carboxylic acids is 2. The van der Waals surface area contributed by atoms with Crippen molar-refractivity contribution in [2.24, 2.45) is 0 Å². The first-order valence-electron chi connectivity index (χ1n) is 8.89. The lowest BCUT2D eigenvalue weighted by Gasteiger charge is -2.10. The number of anilines is 4. The summed E-state index contributed by atoms with van der Waals surface area (Å²) in [5.74, 6) is 0.221. The summed E-state index contributed by atoms with van der Waals surface area (Å²) >= 11 is 0. The van der Waals surface area contributed by atoms with Gasteiger partial charge in [0.2, 0.25) is 5.91 Å². The van der Waals surface area contributed by atoms with Crippen molar-refractivity contribution in [1.29, 1.82) is 0 Å². The molecule has 0 aliphatic rings. The summed E-state index contributed by atoms with van der Waals surface area (Å²) in [5, 5.41) is 8.74. The third kappa shape index (κ3) is 5.17. The van der Waals surface area contributed by atoms with E-state index < -0.39 is 0 Å². The molecule has 3 N–H and O–H groups in total. The quantitative estimate of drug-likeness (QED) is 0.607. The molecule has 2 aromatic carbocycles. The Hall–Kier alpha value is -3.67. The lowest BCUT2D eigenvalue weighted by atomic mass is 10.1. The molecule has 0 radical (unpaired) electrons. The average Bonchev–Trinajstić information content (AvgIpc) is 2.61. The first-order valence-corrected chi connectivity index (χ1v) is 8.89. The summed E-state index contributed by atoms with van der Waals surface area (Å²) in [6.07, 6.45) is 1.53. The summed E-state index contributed by atoms with van der Waals surface area (Å²) in [7, 11) is 0. The molecule has 0 saturated carbocycles. The molecule has 0 unspecified atom stereocenters. The maximum absolute atomic E-state index is 12.4. The molecule has 0 atom stereocenters. The van der Waals surface area contributed by atoms with Crippen molar-refractivity contribution in [3.8, 4) is 0 Å². The van der Waals surface area contributed by atoms with Gasteiger partial charge in [0.15, 0.2) is 0 Å². The minimum absolute atomic E-state index is 0.167. The van der Waals surface area contributed by atoms with Crippen LogP contribution in [0.15, 0.2) is 60.8 Å². The number of nitrogens with one attached hydrogen (secondary N) is 3. The Morgan fingerprint density at radius 1 is 0.821 bits per heavy atom. The van der Waals surface area contributed by atoms with Crippen LogP contribution in [0.25, 0.3) is 0 Å². The molecule has 0 fully saturated rings. The number of benzene rings is 2. The highest BCUT2D eigenvalue weighted by Gasteiger charge is 2.08. The van der Waals surface area contributed by atoms with Crippen LogP contribution in [0, 0.1) is 13.8 Å². The largest absolute Gasteiger partial charge is 0.340 e. The first-order chi connectivity index (χ1) is 13.4. The van der Waals surface area contributed by atoms with Crippen molar-refractivity contribution in [2.45, 2.75) is 20.8 Å². The molecule has 1 heterocycles. The molecule has 1 aromatic heterocycles. The normalized spacial score (nSPS) is 10.2. The lowest BCUT2D eigenvalue weighted by molar-refractivity contribution is -0.114. The van der Waals surface area contributed by atoms with Crippen molar-refractivity contribution >= 4 is 34.7 Å². The molecule has 142 valence electrons. The van der Waals surface area contributed by atoms with Crippen LogP contribution >= 0.6 is 0 Å². The van der Waals surface area contributed by atoms with E-state index in [-0.39, 0.29) is 11.8 Å². The van der Waals surface area contributed by atoms with E-state index in [1.54, 1.807) is 36.4 Å². The summed E-state index contributed by atoms with van der Waals surface area (Å²) < 4.78 is 0. The lowest BCUT2D eigenvalue weighted by Crippen LogP contribution is -2.13. The van der Waals surface area contributed by atoms with Gasteiger partial charge in [0, 0.05) is 30.2 Å².